The van der Waals surface area contributed by atoms with E-state index < -0.39 is 5.97 Å². The Labute approximate surface area is 133 Å². The number of amides is 1. The number of aromatic nitrogens is 1. The molecule has 0 aromatic carbocycles. The van der Waals surface area contributed by atoms with Crippen LogP contribution in [-0.2, 0) is 16.6 Å². The van der Waals surface area contributed by atoms with Gasteiger partial charge in [-0.2, -0.15) is 0 Å². The molecule has 1 saturated carbocycles. The Morgan fingerprint density at radius 2 is 2.00 bits per heavy atom. The van der Waals surface area contributed by atoms with E-state index in [-0.39, 0.29) is 18.5 Å². The Bertz CT molecular complexity index is 551. The Morgan fingerprint density at radius 1 is 1.38 bits per heavy atom. The molecule has 1 aliphatic carbocycles. The zero-order valence-corrected chi connectivity index (χ0v) is 13.6. The van der Waals surface area contributed by atoms with Crippen LogP contribution >= 0.6 is 23.2 Å². The minimum atomic E-state index is -0.429. The topological polar surface area (TPSA) is 51.5 Å². The van der Waals surface area contributed by atoms with Crippen molar-refractivity contribution >= 4 is 35.1 Å². The van der Waals surface area contributed by atoms with Gasteiger partial charge < -0.3 is 14.2 Å². The van der Waals surface area contributed by atoms with Crippen LogP contribution in [0.3, 0.4) is 0 Å². The lowest BCUT2D eigenvalue weighted by Gasteiger charge is -2.28. The van der Waals surface area contributed by atoms with Crippen LogP contribution in [0.15, 0.2) is 6.07 Å². The Balaban J connectivity index is 2.28. The smallest absolute Gasteiger partial charge is 0.325 e. The molecule has 1 amide bonds. The minimum absolute atomic E-state index is 0.0551. The molecule has 0 atom stereocenters. The zero-order valence-electron chi connectivity index (χ0n) is 12.1. The quantitative estimate of drug-likeness (QED) is 0.796. The first-order valence-electron chi connectivity index (χ1n) is 6.84. The molecular formula is C14H18Cl2N2O3. The van der Waals surface area contributed by atoms with Gasteiger partial charge in [0.25, 0.3) is 5.91 Å². The Morgan fingerprint density at radius 3 is 2.48 bits per heavy atom. The summed E-state index contributed by atoms with van der Waals surface area (Å²) in [5.74, 6) is -0.676. The van der Waals surface area contributed by atoms with Gasteiger partial charge in [-0.1, -0.05) is 36.0 Å². The summed E-state index contributed by atoms with van der Waals surface area (Å²) in [7, 11) is 2.99. The lowest BCUT2D eigenvalue weighted by molar-refractivity contribution is -0.141. The van der Waals surface area contributed by atoms with Crippen LogP contribution in [-0.4, -0.2) is 41.0 Å². The molecule has 116 valence electrons. The van der Waals surface area contributed by atoms with Crippen molar-refractivity contribution in [1.29, 1.82) is 0 Å². The van der Waals surface area contributed by atoms with Crippen molar-refractivity contribution in [3.05, 3.63) is 21.9 Å². The lowest BCUT2D eigenvalue weighted by atomic mass is 10.2. The number of ether oxygens (including phenoxy) is 1. The highest BCUT2D eigenvalue weighted by Gasteiger charge is 2.31. The second-order valence-corrected chi connectivity index (χ2v) is 5.94. The van der Waals surface area contributed by atoms with E-state index in [1.807, 2.05) is 0 Å². The van der Waals surface area contributed by atoms with Crippen molar-refractivity contribution in [2.24, 2.45) is 7.05 Å². The molecule has 0 unspecified atom stereocenters. The number of esters is 1. The molecule has 1 heterocycles. The maximum absolute atomic E-state index is 12.7. The van der Waals surface area contributed by atoms with Gasteiger partial charge >= 0.3 is 5.97 Å². The molecule has 0 saturated heterocycles. The van der Waals surface area contributed by atoms with Gasteiger partial charge in [-0.15, -0.1) is 0 Å². The number of carbonyl (C=O) groups is 2. The summed E-state index contributed by atoms with van der Waals surface area (Å²) in [4.78, 5) is 25.9. The third kappa shape index (κ3) is 3.35. The molecule has 1 fully saturated rings. The molecule has 1 aliphatic rings. The number of hydrogen-bond donors (Lipinski definition) is 0. The van der Waals surface area contributed by atoms with E-state index in [1.54, 1.807) is 11.9 Å². The number of rotatable bonds is 4. The number of hydrogen-bond acceptors (Lipinski definition) is 3. The third-order valence-electron chi connectivity index (χ3n) is 3.89. The van der Waals surface area contributed by atoms with Crippen LogP contribution in [0, 0.1) is 0 Å². The van der Waals surface area contributed by atoms with Gasteiger partial charge in [0, 0.05) is 13.1 Å². The first-order valence-corrected chi connectivity index (χ1v) is 7.59. The van der Waals surface area contributed by atoms with E-state index in [0.29, 0.717) is 15.9 Å². The number of carbonyl (C=O) groups excluding carboxylic acids is 2. The van der Waals surface area contributed by atoms with Gasteiger partial charge in [-0.3, -0.25) is 9.59 Å². The van der Waals surface area contributed by atoms with Gasteiger partial charge in [0.15, 0.2) is 0 Å². The van der Waals surface area contributed by atoms with Crippen LogP contribution in [0.2, 0.25) is 10.2 Å². The fourth-order valence-corrected chi connectivity index (χ4v) is 3.06. The summed E-state index contributed by atoms with van der Waals surface area (Å²) in [6.45, 7) is -0.0551. The van der Waals surface area contributed by atoms with Crippen LogP contribution in [0.25, 0.3) is 0 Å². The van der Waals surface area contributed by atoms with E-state index in [4.69, 9.17) is 27.9 Å². The molecule has 0 N–H and O–H groups in total. The molecule has 5 nitrogen and oxygen atoms in total. The van der Waals surface area contributed by atoms with Crippen LogP contribution in [0.1, 0.15) is 36.2 Å². The van der Waals surface area contributed by atoms with Crippen LogP contribution in [0.4, 0.5) is 0 Å². The number of methoxy groups -OCH3 is 1. The number of nitrogens with zero attached hydrogens (tertiary/aromatic N) is 2. The van der Waals surface area contributed by atoms with E-state index in [1.165, 1.54) is 17.7 Å². The highest BCUT2D eigenvalue weighted by Crippen LogP contribution is 2.29. The summed E-state index contributed by atoms with van der Waals surface area (Å²) in [5.41, 5.74) is 0.376. The molecule has 0 radical (unpaired) electrons. The molecule has 21 heavy (non-hydrogen) atoms. The van der Waals surface area contributed by atoms with E-state index in [9.17, 15) is 9.59 Å². The van der Waals surface area contributed by atoms with Crippen LogP contribution < -0.4 is 0 Å². The average molecular weight is 333 g/mol. The van der Waals surface area contributed by atoms with E-state index in [2.05, 4.69) is 0 Å². The molecule has 0 bridgehead atoms. The monoisotopic (exact) mass is 332 g/mol. The van der Waals surface area contributed by atoms with Gasteiger partial charge in [-0.25, -0.2) is 0 Å². The average Bonchev–Trinajstić information content (AvgIpc) is 3.08. The molecule has 0 aliphatic heterocycles. The normalized spacial score (nSPS) is 15.2. The van der Waals surface area contributed by atoms with Crippen LogP contribution in [0.5, 0.6) is 0 Å². The predicted molar refractivity (Wildman–Crippen MR) is 80.7 cm³/mol. The van der Waals surface area contributed by atoms with Crippen molar-refractivity contribution in [3.63, 3.8) is 0 Å². The fourth-order valence-electron chi connectivity index (χ4n) is 2.68. The highest BCUT2D eigenvalue weighted by molar-refractivity contribution is 6.41. The van der Waals surface area contributed by atoms with Gasteiger partial charge in [0.05, 0.1) is 12.1 Å². The third-order valence-corrected chi connectivity index (χ3v) is 4.73. The number of halogens is 2. The molecule has 1 aromatic rings. The molecule has 2 rings (SSSR count). The van der Waals surface area contributed by atoms with Crippen molar-refractivity contribution in [1.82, 2.24) is 9.47 Å². The first-order chi connectivity index (χ1) is 9.95. The fraction of sp³-hybridized carbons (Fsp3) is 0.571. The van der Waals surface area contributed by atoms with Crippen molar-refractivity contribution in [2.75, 3.05) is 13.7 Å². The van der Waals surface area contributed by atoms with Crippen molar-refractivity contribution in [3.8, 4) is 0 Å². The second kappa shape index (κ2) is 6.71. The Kier molecular flexibility index (Phi) is 5.17. The second-order valence-electron chi connectivity index (χ2n) is 5.17. The predicted octanol–water partition coefficient (Wildman–Crippen LogP) is 2.89. The van der Waals surface area contributed by atoms with E-state index in [0.717, 1.165) is 25.7 Å². The maximum Gasteiger partial charge on any atom is 0.325 e. The Hall–Kier alpha value is -1.20. The molecule has 0 spiro atoms. The summed E-state index contributed by atoms with van der Waals surface area (Å²) >= 11 is 12.0. The molecule has 1 aromatic heterocycles. The summed E-state index contributed by atoms with van der Waals surface area (Å²) < 4.78 is 6.23. The van der Waals surface area contributed by atoms with E-state index >= 15 is 0 Å². The van der Waals surface area contributed by atoms with Gasteiger partial charge in [-0.05, 0) is 18.9 Å². The largest absolute Gasteiger partial charge is 0.468 e. The SMILES string of the molecule is COC(=O)CN(C(=O)c1cc(Cl)c(Cl)n1C)C1CCCC1. The first kappa shape index (κ1) is 16.2. The molecule has 7 heteroatoms. The summed E-state index contributed by atoms with van der Waals surface area (Å²) in [6, 6.07) is 1.59. The van der Waals surface area contributed by atoms with Crippen molar-refractivity contribution in [2.45, 2.75) is 31.7 Å². The van der Waals surface area contributed by atoms with Crippen molar-refractivity contribution < 1.29 is 14.3 Å². The van der Waals surface area contributed by atoms with Gasteiger partial charge in [0.1, 0.15) is 17.4 Å². The standard InChI is InChI=1S/C14H18Cl2N2O3/c1-17-11(7-10(15)13(17)16)14(20)18(8-12(19)21-2)9-5-3-4-6-9/h7,9H,3-6,8H2,1-2H3. The maximum atomic E-state index is 12.7. The van der Waals surface area contributed by atoms with Gasteiger partial charge in [0.2, 0.25) is 0 Å². The summed E-state index contributed by atoms with van der Waals surface area (Å²) in [5, 5.41) is 0.636. The zero-order chi connectivity index (χ0) is 15.6. The summed E-state index contributed by atoms with van der Waals surface area (Å²) in [6.07, 6.45) is 3.91. The minimum Gasteiger partial charge on any atom is -0.468 e. The molecular weight excluding hydrogens is 315 g/mol. The highest BCUT2D eigenvalue weighted by atomic mass is 35.5. The lowest BCUT2D eigenvalue weighted by Crippen LogP contribution is -2.43.